The third-order valence-electron chi connectivity index (χ3n) is 9.06. The summed E-state index contributed by atoms with van der Waals surface area (Å²) in [5.41, 5.74) is 6.97. The Morgan fingerprint density at radius 3 is 2.56 bits per heavy atom. The molecule has 3 fully saturated rings. The number of aromatic nitrogens is 7. The van der Waals surface area contributed by atoms with Crippen molar-refractivity contribution in [3.05, 3.63) is 42.7 Å². The number of likely N-dealkylation sites (tertiary alicyclic amines) is 1. The van der Waals surface area contributed by atoms with Gasteiger partial charge in [-0.1, -0.05) is 5.16 Å². The van der Waals surface area contributed by atoms with Gasteiger partial charge in [-0.05, 0) is 37.8 Å². The molecule has 5 aromatic rings. The number of urea groups is 1. The zero-order valence-corrected chi connectivity index (χ0v) is 23.8. The quantitative estimate of drug-likeness (QED) is 0.252. The number of pyridine rings is 1. The Hall–Kier alpha value is -4.77. The first-order valence-electron chi connectivity index (χ1n) is 14.6. The summed E-state index contributed by atoms with van der Waals surface area (Å²) in [4.78, 5) is 28.5. The molecule has 0 aromatic carbocycles. The number of nitrogens with two attached hydrogens (primary N) is 1. The minimum atomic E-state index is -4.46. The molecule has 1 saturated carbocycles. The average Bonchev–Trinajstić information content (AvgIpc) is 3.29. The zero-order chi connectivity index (χ0) is 30.9. The summed E-state index contributed by atoms with van der Waals surface area (Å²) >= 11 is 0. The van der Waals surface area contributed by atoms with Gasteiger partial charge in [-0.2, -0.15) is 18.3 Å². The molecule has 5 aromatic heterocycles. The first-order valence-corrected chi connectivity index (χ1v) is 14.6. The Kier molecular flexibility index (Phi) is 6.25. The van der Waals surface area contributed by atoms with Crippen LogP contribution in [0.3, 0.4) is 0 Å². The van der Waals surface area contributed by atoms with E-state index in [2.05, 4.69) is 35.6 Å². The number of nitrogen functional groups attached to an aromatic ring is 1. The normalized spacial score (nSPS) is 19.2. The summed E-state index contributed by atoms with van der Waals surface area (Å²) in [6.45, 7) is 3.42. The third kappa shape index (κ3) is 4.56. The van der Waals surface area contributed by atoms with Crippen molar-refractivity contribution in [1.29, 1.82) is 0 Å². The molecule has 7 heterocycles. The molecule has 3 aliphatic rings. The highest BCUT2D eigenvalue weighted by Gasteiger charge is 2.67. The molecule has 2 aliphatic heterocycles. The van der Waals surface area contributed by atoms with Crippen LogP contribution in [0.5, 0.6) is 0 Å². The van der Waals surface area contributed by atoms with E-state index in [1.165, 1.54) is 6.33 Å². The van der Waals surface area contributed by atoms with E-state index in [9.17, 15) is 18.0 Å². The van der Waals surface area contributed by atoms with Crippen LogP contribution < -0.4 is 16.4 Å². The summed E-state index contributed by atoms with van der Waals surface area (Å²) in [5, 5.41) is 14.4. The number of carbonyl (C=O) groups excluding carboxylic acids is 1. The first-order chi connectivity index (χ1) is 21.7. The van der Waals surface area contributed by atoms with Gasteiger partial charge in [-0.3, -0.25) is 14.6 Å². The molecule has 45 heavy (non-hydrogen) atoms. The number of ether oxygens (including phenoxy) is 1. The van der Waals surface area contributed by atoms with E-state index in [1.54, 1.807) is 28.9 Å². The molecule has 8 rings (SSSR count). The van der Waals surface area contributed by atoms with Gasteiger partial charge in [0.2, 0.25) is 0 Å². The van der Waals surface area contributed by atoms with E-state index >= 15 is 0 Å². The average molecular weight is 624 g/mol. The SMILES string of the molecule is Nc1ncnc2c1c(-c1ccc(NC(=O)Nc3cc(C4(C(F)(F)F)CC4)on3)c3nccn13)nn2C1CCN(C2COC2)CC1. The number of nitrogens with zero attached hydrogens (tertiary/aromatic N) is 8. The van der Waals surface area contributed by atoms with Crippen molar-refractivity contribution in [1.82, 2.24) is 39.2 Å². The number of carbonyl (C=O) groups is 1. The fourth-order valence-electron chi connectivity index (χ4n) is 6.29. The molecule has 0 spiro atoms. The van der Waals surface area contributed by atoms with E-state index in [4.69, 9.17) is 20.1 Å². The summed E-state index contributed by atoms with van der Waals surface area (Å²) < 4.78 is 54.4. The Bertz CT molecular complexity index is 1920. The molecular weight excluding hydrogens is 595 g/mol. The number of imidazole rings is 1. The summed E-state index contributed by atoms with van der Waals surface area (Å²) in [6, 6.07) is 4.42. The molecule has 0 unspecified atom stereocenters. The van der Waals surface area contributed by atoms with Crippen molar-refractivity contribution < 1.29 is 27.2 Å². The largest absolute Gasteiger partial charge is 0.401 e. The number of amides is 2. The van der Waals surface area contributed by atoms with Crippen LogP contribution in [-0.4, -0.2) is 83.7 Å². The molecule has 0 radical (unpaired) electrons. The maximum absolute atomic E-state index is 13.5. The van der Waals surface area contributed by atoms with Gasteiger partial charge in [0.05, 0.1) is 42.1 Å². The summed E-state index contributed by atoms with van der Waals surface area (Å²) in [7, 11) is 0. The van der Waals surface area contributed by atoms with Gasteiger partial charge >= 0.3 is 12.2 Å². The van der Waals surface area contributed by atoms with Gasteiger partial charge in [-0.25, -0.2) is 24.4 Å². The standard InChI is InChI=1S/C28H28F3N11O3/c29-28(30,31)27(5-6-27)19-11-20(39-45-19)37-26(43)36-17-1-2-18(41-10-7-33-24(17)41)22-21-23(32)34-14-35-25(21)42(38-22)15-3-8-40(9-4-15)16-12-44-13-16/h1-2,7,10-11,14-16H,3-6,8-9,12-13H2,(H2,32,34,35)(H2,36,37,39,43). The molecular formula is C28H28F3N11O3. The van der Waals surface area contributed by atoms with Gasteiger partial charge < -0.3 is 20.3 Å². The molecule has 1 aliphatic carbocycles. The van der Waals surface area contributed by atoms with Crippen molar-refractivity contribution in [3.63, 3.8) is 0 Å². The number of alkyl halides is 3. The summed E-state index contributed by atoms with van der Waals surface area (Å²) in [6.07, 6.45) is 1.93. The number of halogens is 3. The highest BCUT2D eigenvalue weighted by molar-refractivity contribution is 6.02. The number of nitrogens with one attached hydrogen (secondary N) is 2. The molecule has 4 N–H and O–H groups in total. The van der Waals surface area contributed by atoms with E-state index in [1.807, 2.05) is 4.68 Å². The van der Waals surface area contributed by atoms with Crippen LogP contribution in [-0.2, 0) is 10.2 Å². The fraction of sp³-hybridized carbons (Fsp3) is 0.429. The molecule has 2 saturated heterocycles. The van der Waals surface area contributed by atoms with Gasteiger partial charge in [0.15, 0.2) is 22.9 Å². The fourth-order valence-corrected chi connectivity index (χ4v) is 6.29. The maximum Gasteiger partial charge on any atom is 0.401 e. The lowest BCUT2D eigenvalue weighted by molar-refractivity contribution is -0.165. The van der Waals surface area contributed by atoms with Gasteiger partial charge in [-0.15, -0.1) is 0 Å². The highest BCUT2D eigenvalue weighted by Crippen LogP contribution is 2.59. The first kappa shape index (κ1) is 27.8. The Balaban J connectivity index is 1.06. The van der Waals surface area contributed by atoms with Crippen LogP contribution in [0.4, 0.5) is 35.3 Å². The van der Waals surface area contributed by atoms with Crippen molar-refractivity contribution in [3.8, 4) is 11.4 Å². The number of rotatable bonds is 6. The Labute approximate surface area is 252 Å². The number of anilines is 3. The van der Waals surface area contributed by atoms with Gasteiger partial charge in [0, 0.05) is 31.5 Å². The van der Waals surface area contributed by atoms with Crippen LogP contribution in [0, 0.1) is 0 Å². The Morgan fingerprint density at radius 1 is 1.04 bits per heavy atom. The predicted molar refractivity (Wildman–Crippen MR) is 154 cm³/mol. The zero-order valence-electron chi connectivity index (χ0n) is 23.8. The van der Waals surface area contributed by atoms with Crippen molar-refractivity contribution in [2.24, 2.45) is 0 Å². The maximum atomic E-state index is 13.5. The lowest BCUT2D eigenvalue weighted by Gasteiger charge is -2.41. The summed E-state index contributed by atoms with van der Waals surface area (Å²) in [5.74, 6) is -0.155. The number of hydrogen-bond acceptors (Lipinski definition) is 10. The second-order valence-electron chi connectivity index (χ2n) is 11.7. The van der Waals surface area contributed by atoms with Crippen LogP contribution in [0.1, 0.15) is 37.5 Å². The molecule has 234 valence electrons. The topological polar surface area (TPSA) is 167 Å². The molecule has 17 heteroatoms. The molecule has 2 amide bonds. The number of hydrogen-bond donors (Lipinski definition) is 3. The Morgan fingerprint density at radius 2 is 1.84 bits per heavy atom. The third-order valence-corrected chi connectivity index (χ3v) is 9.06. The second-order valence-corrected chi connectivity index (χ2v) is 11.7. The van der Waals surface area contributed by atoms with E-state index in [0.29, 0.717) is 45.6 Å². The monoisotopic (exact) mass is 623 g/mol. The van der Waals surface area contributed by atoms with Gasteiger partial charge in [0.1, 0.15) is 23.3 Å². The van der Waals surface area contributed by atoms with Crippen molar-refractivity contribution >= 4 is 40.0 Å². The van der Waals surface area contributed by atoms with Crippen LogP contribution in [0.15, 0.2) is 41.4 Å². The predicted octanol–water partition coefficient (Wildman–Crippen LogP) is 3.98. The van der Waals surface area contributed by atoms with E-state index in [-0.39, 0.29) is 30.5 Å². The van der Waals surface area contributed by atoms with E-state index < -0.39 is 17.6 Å². The van der Waals surface area contributed by atoms with E-state index in [0.717, 1.165) is 45.2 Å². The van der Waals surface area contributed by atoms with Crippen LogP contribution >= 0.6 is 0 Å². The van der Waals surface area contributed by atoms with Crippen molar-refractivity contribution in [2.45, 2.75) is 49.4 Å². The van der Waals surface area contributed by atoms with Crippen LogP contribution in [0.25, 0.3) is 28.1 Å². The molecule has 0 atom stereocenters. The number of piperidine rings is 1. The van der Waals surface area contributed by atoms with Crippen molar-refractivity contribution in [2.75, 3.05) is 42.7 Å². The second kappa shape index (κ2) is 10.1. The molecule has 14 nitrogen and oxygen atoms in total. The van der Waals surface area contributed by atoms with Crippen LogP contribution in [0.2, 0.25) is 0 Å². The lowest BCUT2D eigenvalue weighted by atomic mass is 10.0. The minimum absolute atomic E-state index is 0.0810. The lowest BCUT2D eigenvalue weighted by Crippen LogP contribution is -2.51. The smallest absolute Gasteiger partial charge is 0.383 e. The number of fused-ring (bicyclic) bond motifs is 2. The molecule has 0 bridgehead atoms. The van der Waals surface area contributed by atoms with Gasteiger partial charge in [0.25, 0.3) is 0 Å². The minimum Gasteiger partial charge on any atom is -0.383 e. The highest BCUT2D eigenvalue weighted by atomic mass is 19.4.